The first-order chi connectivity index (χ1) is 9.69. The van der Waals surface area contributed by atoms with E-state index in [2.05, 4.69) is 31.3 Å². The van der Waals surface area contributed by atoms with E-state index in [0.29, 0.717) is 12.8 Å². The average molecular weight is 279 g/mol. The van der Waals surface area contributed by atoms with E-state index in [9.17, 15) is 0 Å². The lowest BCUT2D eigenvalue weighted by Crippen LogP contribution is -2.34. The molecule has 1 aromatic rings. The van der Waals surface area contributed by atoms with Crippen LogP contribution in [0.1, 0.15) is 32.8 Å². The second-order valence-electron chi connectivity index (χ2n) is 5.30. The number of rotatable bonds is 8. The summed E-state index contributed by atoms with van der Waals surface area (Å²) in [5.74, 6) is 1.72. The Kier molecular flexibility index (Phi) is 5.68. The van der Waals surface area contributed by atoms with Gasteiger partial charge in [-0.15, -0.1) is 0 Å². The first-order valence-electron chi connectivity index (χ1n) is 7.42. The van der Waals surface area contributed by atoms with Crippen LogP contribution in [0.2, 0.25) is 0 Å². The fourth-order valence-corrected chi connectivity index (χ4v) is 2.29. The van der Waals surface area contributed by atoms with Crippen LogP contribution >= 0.6 is 0 Å². The van der Waals surface area contributed by atoms with Gasteiger partial charge in [-0.3, -0.25) is 0 Å². The molecule has 2 unspecified atom stereocenters. The monoisotopic (exact) mass is 279 g/mol. The van der Waals surface area contributed by atoms with Crippen molar-refractivity contribution in [1.29, 1.82) is 0 Å². The number of ether oxygens (including phenoxy) is 3. The van der Waals surface area contributed by atoms with E-state index in [1.165, 1.54) is 5.56 Å². The molecule has 1 aromatic carbocycles. The predicted molar refractivity (Wildman–Crippen MR) is 79.4 cm³/mol. The lowest BCUT2D eigenvalue weighted by Gasteiger charge is -2.17. The van der Waals surface area contributed by atoms with Crippen molar-refractivity contribution in [3.8, 4) is 11.5 Å². The van der Waals surface area contributed by atoms with Crippen LogP contribution in [0.25, 0.3) is 0 Å². The molecule has 1 aliphatic rings. The van der Waals surface area contributed by atoms with Crippen molar-refractivity contribution < 1.29 is 14.2 Å². The fourth-order valence-electron chi connectivity index (χ4n) is 2.29. The van der Waals surface area contributed by atoms with E-state index < -0.39 is 0 Å². The molecule has 1 aliphatic heterocycles. The maximum Gasteiger partial charge on any atom is 0.231 e. The van der Waals surface area contributed by atoms with Gasteiger partial charge in [-0.25, -0.2) is 0 Å². The zero-order chi connectivity index (χ0) is 14.4. The number of hydrogen-bond donors (Lipinski definition) is 1. The molecule has 0 aliphatic carbocycles. The molecule has 0 fully saturated rings. The average Bonchev–Trinajstić information content (AvgIpc) is 2.90. The quantitative estimate of drug-likeness (QED) is 0.794. The smallest absolute Gasteiger partial charge is 0.231 e. The second kappa shape index (κ2) is 7.50. The standard InChI is InChI=1S/C16H25NO3/c1-4-18-13(3)10-17-12(2)5-6-14-7-8-15-16(9-14)20-11-19-15/h7-9,12-13,17H,4-6,10-11H2,1-3H3. The Morgan fingerprint density at radius 2 is 2.05 bits per heavy atom. The summed E-state index contributed by atoms with van der Waals surface area (Å²) in [6, 6.07) is 6.66. The molecule has 0 amide bonds. The van der Waals surface area contributed by atoms with Crippen LogP contribution in [0.5, 0.6) is 11.5 Å². The van der Waals surface area contributed by atoms with Crippen LogP contribution in [0.3, 0.4) is 0 Å². The zero-order valence-corrected chi connectivity index (χ0v) is 12.6. The van der Waals surface area contributed by atoms with Crippen molar-refractivity contribution in [2.75, 3.05) is 19.9 Å². The van der Waals surface area contributed by atoms with Crippen LogP contribution < -0.4 is 14.8 Å². The number of hydrogen-bond acceptors (Lipinski definition) is 4. The summed E-state index contributed by atoms with van der Waals surface area (Å²) in [7, 11) is 0. The van der Waals surface area contributed by atoms with Gasteiger partial charge in [0.1, 0.15) is 0 Å². The maximum atomic E-state index is 5.51. The van der Waals surface area contributed by atoms with Crippen molar-refractivity contribution >= 4 is 0 Å². The minimum atomic E-state index is 0.271. The van der Waals surface area contributed by atoms with Gasteiger partial charge in [-0.05, 0) is 51.3 Å². The van der Waals surface area contributed by atoms with Crippen molar-refractivity contribution in [3.05, 3.63) is 23.8 Å². The molecule has 2 atom stereocenters. The largest absolute Gasteiger partial charge is 0.454 e. The SMILES string of the molecule is CCOC(C)CNC(C)CCc1ccc2c(c1)OCO2. The van der Waals surface area contributed by atoms with E-state index in [1.807, 2.05) is 13.0 Å². The highest BCUT2D eigenvalue weighted by Crippen LogP contribution is 2.32. The molecule has 0 aromatic heterocycles. The summed E-state index contributed by atoms with van der Waals surface area (Å²) in [6.07, 6.45) is 2.40. The summed E-state index contributed by atoms with van der Waals surface area (Å²) in [5.41, 5.74) is 1.29. The Labute approximate surface area is 121 Å². The highest BCUT2D eigenvalue weighted by Gasteiger charge is 2.13. The van der Waals surface area contributed by atoms with E-state index >= 15 is 0 Å². The van der Waals surface area contributed by atoms with E-state index in [4.69, 9.17) is 14.2 Å². The third kappa shape index (κ3) is 4.39. The van der Waals surface area contributed by atoms with Gasteiger partial charge in [-0.1, -0.05) is 6.07 Å². The van der Waals surface area contributed by atoms with Gasteiger partial charge in [0, 0.05) is 19.2 Å². The third-order valence-electron chi connectivity index (χ3n) is 3.51. The van der Waals surface area contributed by atoms with Gasteiger partial charge in [0.2, 0.25) is 6.79 Å². The molecule has 1 heterocycles. The lowest BCUT2D eigenvalue weighted by molar-refractivity contribution is 0.0741. The molecule has 0 saturated carbocycles. The van der Waals surface area contributed by atoms with Crippen LogP contribution in [0.15, 0.2) is 18.2 Å². The maximum absolute atomic E-state index is 5.51. The minimum absolute atomic E-state index is 0.271. The fraction of sp³-hybridized carbons (Fsp3) is 0.625. The summed E-state index contributed by atoms with van der Waals surface area (Å²) in [5, 5.41) is 3.51. The molecule has 112 valence electrons. The molecule has 4 nitrogen and oxygen atoms in total. The summed E-state index contributed by atoms with van der Waals surface area (Å²) >= 11 is 0. The molecule has 0 spiro atoms. The number of nitrogens with one attached hydrogen (secondary N) is 1. The van der Waals surface area contributed by atoms with Crippen molar-refractivity contribution in [3.63, 3.8) is 0 Å². The Hall–Kier alpha value is -1.26. The lowest BCUT2D eigenvalue weighted by atomic mass is 10.1. The molecule has 1 N–H and O–H groups in total. The van der Waals surface area contributed by atoms with Gasteiger partial charge in [0.15, 0.2) is 11.5 Å². The first-order valence-corrected chi connectivity index (χ1v) is 7.42. The summed E-state index contributed by atoms with van der Waals surface area (Å²) in [6.45, 7) is 8.35. The molecule has 4 heteroatoms. The van der Waals surface area contributed by atoms with Crippen LogP contribution in [0.4, 0.5) is 0 Å². The van der Waals surface area contributed by atoms with E-state index in [0.717, 1.165) is 37.5 Å². The zero-order valence-electron chi connectivity index (χ0n) is 12.6. The van der Waals surface area contributed by atoms with Gasteiger partial charge in [0.05, 0.1) is 6.10 Å². The van der Waals surface area contributed by atoms with Crippen LogP contribution in [-0.4, -0.2) is 32.1 Å². The van der Waals surface area contributed by atoms with E-state index in [1.54, 1.807) is 0 Å². The second-order valence-corrected chi connectivity index (χ2v) is 5.30. The third-order valence-corrected chi connectivity index (χ3v) is 3.51. The number of fused-ring (bicyclic) bond motifs is 1. The molecule has 2 rings (SSSR count). The molecular formula is C16H25NO3. The first kappa shape index (κ1) is 15.1. The summed E-state index contributed by atoms with van der Waals surface area (Å²) in [4.78, 5) is 0. The van der Waals surface area contributed by atoms with Gasteiger partial charge >= 0.3 is 0 Å². The highest BCUT2D eigenvalue weighted by molar-refractivity contribution is 5.44. The molecule has 20 heavy (non-hydrogen) atoms. The van der Waals surface area contributed by atoms with E-state index in [-0.39, 0.29) is 6.10 Å². The summed E-state index contributed by atoms with van der Waals surface area (Å²) < 4.78 is 16.2. The minimum Gasteiger partial charge on any atom is -0.454 e. The Bertz CT molecular complexity index is 422. The highest BCUT2D eigenvalue weighted by atomic mass is 16.7. The Morgan fingerprint density at radius 1 is 1.25 bits per heavy atom. The molecule has 0 bridgehead atoms. The number of benzene rings is 1. The van der Waals surface area contributed by atoms with Crippen LogP contribution in [-0.2, 0) is 11.2 Å². The Morgan fingerprint density at radius 3 is 2.85 bits per heavy atom. The van der Waals surface area contributed by atoms with Crippen LogP contribution in [0, 0.1) is 0 Å². The topological polar surface area (TPSA) is 39.7 Å². The van der Waals surface area contributed by atoms with Crippen molar-refractivity contribution in [2.24, 2.45) is 0 Å². The Balaban J connectivity index is 1.72. The van der Waals surface area contributed by atoms with Gasteiger partial charge in [0.25, 0.3) is 0 Å². The van der Waals surface area contributed by atoms with Gasteiger partial charge in [-0.2, -0.15) is 0 Å². The van der Waals surface area contributed by atoms with Crippen molar-refractivity contribution in [2.45, 2.75) is 45.8 Å². The van der Waals surface area contributed by atoms with Gasteiger partial charge < -0.3 is 19.5 Å². The molecular weight excluding hydrogens is 254 g/mol. The normalized spacial score (nSPS) is 16.1. The number of aryl methyl sites for hydroxylation is 1. The molecule has 0 radical (unpaired) electrons. The molecule has 0 saturated heterocycles. The predicted octanol–water partition coefficient (Wildman–Crippen LogP) is 2.75. The van der Waals surface area contributed by atoms with Crippen molar-refractivity contribution in [1.82, 2.24) is 5.32 Å².